The van der Waals surface area contributed by atoms with Crippen molar-refractivity contribution in [2.45, 2.75) is 51.4 Å². The number of carbonyl (C=O) groups is 1. The third-order valence-electron chi connectivity index (χ3n) is 7.02. The average Bonchev–Trinajstić information content (AvgIpc) is 3.30. The van der Waals surface area contributed by atoms with Crippen LogP contribution < -0.4 is 9.64 Å². The molecular formula is C27H35N3O3. The van der Waals surface area contributed by atoms with Crippen LogP contribution in [0.25, 0.3) is 0 Å². The highest BCUT2D eigenvalue weighted by molar-refractivity contribution is 5.98. The van der Waals surface area contributed by atoms with E-state index >= 15 is 0 Å². The van der Waals surface area contributed by atoms with Gasteiger partial charge in [-0.25, -0.2) is 0 Å². The van der Waals surface area contributed by atoms with Gasteiger partial charge in [-0.3, -0.25) is 9.69 Å². The lowest BCUT2D eigenvalue weighted by Gasteiger charge is -2.33. The van der Waals surface area contributed by atoms with Crippen LogP contribution in [0, 0.1) is 0 Å². The Kier molecular flexibility index (Phi) is 6.06. The minimum atomic E-state index is -0.611. The summed E-state index contributed by atoms with van der Waals surface area (Å²) in [6, 6.07) is 14.5. The van der Waals surface area contributed by atoms with Crippen LogP contribution in [0.4, 0.5) is 5.69 Å². The summed E-state index contributed by atoms with van der Waals surface area (Å²) in [5.74, 6) is 0.589. The normalized spacial score (nSPS) is 21.2. The van der Waals surface area contributed by atoms with Crippen molar-refractivity contribution in [1.82, 2.24) is 9.80 Å². The van der Waals surface area contributed by atoms with Crippen molar-refractivity contribution in [2.75, 3.05) is 44.2 Å². The van der Waals surface area contributed by atoms with E-state index in [-0.39, 0.29) is 5.91 Å². The molecule has 3 aliphatic heterocycles. The van der Waals surface area contributed by atoms with Crippen LogP contribution in [-0.4, -0.2) is 71.8 Å². The molecule has 0 bridgehead atoms. The van der Waals surface area contributed by atoms with Crippen molar-refractivity contribution in [2.24, 2.45) is 0 Å². The predicted octanol–water partition coefficient (Wildman–Crippen LogP) is 3.32. The minimum Gasteiger partial charge on any atom is -0.485 e. The molecule has 3 heterocycles. The largest absolute Gasteiger partial charge is 0.485 e. The van der Waals surface area contributed by atoms with Crippen molar-refractivity contribution in [3.05, 3.63) is 59.2 Å². The number of anilines is 1. The molecule has 176 valence electrons. The Labute approximate surface area is 196 Å². The molecule has 3 aliphatic rings. The number of carbonyl (C=O) groups excluding carboxylic acids is 1. The monoisotopic (exact) mass is 449 g/mol. The minimum absolute atomic E-state index is 0.0633. The maximum atomic E-state index is 13.5. The topological polar surface area (TPSA) is 56.2 Å². The highest BCUT2D eigenvalue weighted by Crippen LogP contribution is 2.34. The lowest BCUT2D eigenvalue weighted by molar-refractivity contribution is 0.0287. The molecule has 1 amide bonds. The van der Waals surface area contributed by atoms with E-state index in [1.165, 1.54) is 24.0 Å². The van der Waals surface area contributed by atoms with Gasteiger partial charge in [0.25, 0.3) is 5.91 Å². The Morgan fingerprint density at radius 3 is 2.58 bits per heavy atom. The van der Waals surface area contributed by atoms with Gasteiger partial charge in [0.15, 0.2) is 0 Å². The first-order chi connectivity index (χ1) is 15.9. The Hall–Kier alpha value is -2.57. The lowest BCUT2D eigenvalue weighted by Crippen LogP contribution is -2.48. The van der Waals surface area contributed by atoms with E-state index in [0.717, 1.165) is 38.3 Å². The first-order valence-electron chi connectivity index (χ1n) is 12.2. The zero-order valence-corrected chi connectivity index (χ0v) is 19.8. The van der Waals surface area contributed by atoms with Crippen molar-refractivity contribution in [3.63, 3.8) is 0 Å². The van der Waals surface area contributed by atoms with Crippen LogP contribution in [0.15, 0.2) is 42.5 Å². The fourth-order valence-electron chi connectivity index (χ4n) is 5.44. The molecule has 33 heavy (non-hydrogen) atoms. The Morgan fingerprint density at radius 1 is 1.03 bits per heavy atom. The van der Waals surface area contributed by atoms with Crippen molar-refractivity contribution in [3.8, 4) is 5.75 Å². The van der Waals surface area contributed by atoms with Crippen LogP contribution in [0.3, 0.4) is 0 Å². The molecule has 5 rings (SSSR count). The maximum absolute atomic E-state index is 13.5. The van der Waals surface area contributed by atoms with E-state index in [9.17, 15) is 9.90 Å². The summed E-state index contributed by atoms with van der Waals surface area (Å²) < 4.78 is 6.33. The van der Waals surface area contributed by atoms with Gasteiger partial charge in [0.2, 0.25) is 0 Å². The number of ether oxygens (including phenoxy) is 1. The molecule has 2 aromatic carbocycles. The third kappa shape index (κ3) is 4.87. The van der Waals surface area contributed by atoms with E-state index in [1.54, 1.807) is 4.90 Å². The standard InChI is InChI=1S/C27H35N3O3/c1-27(2)19-30(18-23(31)17-28-14-11-20-7-3-4-8-21(20)16-28)26(32)24-10-9-22(15-25(24)33-27)29-12-5-6-13-29/h3-4,7-10,15,23,31H,5-6,11-14,16-19H2,1-2H3/t23-/m1/s1. The number of aliphatic hydroxyl groups is 1. The van der Waals surface area contributed by atoms with Crippen molar-refractivity contribution >= 4 is 11.6 Å². The van der Waals surface area contributed by atoms with Crippen LogP contribution in [0.2, 0.25) is 0 Å². The van der Waals surface area contributed by atoms with Gasteiger partial charge in [-0.15, -0.1) is 0 Å². The number of benzene rings is 2. The first-order valence-corrected chi connectivity index (χ1v) is 12.2. The van der Waals surface area contributed by atoms with Gasteiger partial charge in [0.05, 0.1) is 18.2 Å². The Bertz CT molecular complexity index is 1020. The molecule has 0 aromatic heterocycles. The van der Waals surface area contributed by atoms with E-state index in [4.69, 9.17) is 4.74 Å². The summed E-state index contributed by atoms with van der Waals surface area (Å²) in [6.45, 7) is 9.20. The molecule has 0 unspecified atom stereocenters. The molecule has 0 saturated carbocycles. The van der Waals surface area contributed by atoms with E-state index in [0.29, 0.717) is 30.9 Å². The second-order valence-electron chi connectivity index (χ2n) is 10.3. The number of aliphatic hydroxyl groups excluding tert-OH is 1. The second kappa shape index (κ2) is 8.99. The summed E-state index contributed by atoms with van der Waals surface area (Å²) in [7, 11) is 0. The summed E-state index contributed by atoms with van der Waals surface area (Å²) in [5.41, 5.74) is 3.90. The van der Waals surface area contributed by atoms with E-state index in [2.05, 4.69) is 34.1 Å². The molecule has 0 aliphatic carbocycles. The highest BCUT2D eigenvalue weighted by atomic mass is 16.5. The molecule has 1 N–H and O–H groups in total. The summed E-state index contributed by atoms with van der Waals surface area (Å²) >= 11 is 0. The first kappa shape index (κ1) is 22.2. The molecule has 6 heteroatoms. The molecule has 1 atom stereocenters. The quantitative estimate of drug-likeness (QED) is 0.759. The third-order valence-corrected chi connectivity index (χ3v) is 7.02. The number of amides is 1. The molecule has 2 aromatic rings. The van der Waals surface area contributed by atoms with Gasteiger partial charge in [-0.05, 0) is 56.4 Å². The maximum Gasteiger partial charge on any atom is 0.257 e. The van der Waals surface area contributed by atoms with Gasteiger partial charge in [-0.2, -0.15) is 0 Å². The van der Waals surface area contributed by atoms with Gasteiger partial charge < -0.3 is 19.6 Å². The fourth-order valence-corrected chi connectivity index (χ4v) is 5.44. The smallest absolute Gasteiger partial charge is 0.257 e. The van der Waals surface area contributed by atoms with Crippen LogP contribution >= 0.6 is 0 Å². The summed E-state index contributed by atoms with van der Waals surface area (Å²) in [4.78, 5) is 19.9. The highest BCUT2D eigenvalue weighted by Gasteiger charge is 2.35. The van der Waals surface area contributed by atoms with Gasteiger partial charge in [0.1, 0.15) is 11.4 Å². The number of hydrogen-bond donors (Lipinski definition) is 1. The number of rotatable bonds is 5. The van der Waals surface area contributed by atoms with Gasteiger partial charge in [-0.1, -0.05) is 24.3 Å². The van der Waals surface area contributed by atoms with Crippen LogP contribution in [0.5, 0.6) is 5.75 Å². The molecular weight excluding hydrogens is 414 g/mol. The number of hydrogen-bond acceptors (Lipinski definition) is 5. The summed E-state index contributed by atoms with van der Waals surface area (Å²) in [5, 5.41) is 10.9. The average molecular weight is 450 g/mol. The van der Waals surface area contributed by atoms with Crippen LogP contribution in [0.1, 0.15) is 48.2 Å². The van der Waals surface area contributed by atoms with E-state index in [1.807, 2.05) is 32.0 Å². The zero-order chi connectivity index (χ0) is 23.0. The molecule has 0 radical (unpaired) electrons. The molecule has 1 saturated heterocycles. The zero-order valence-electron chi connectivity index (χ0n) is 19.8. The van der Waals surface area contributed by atoms with Crippen molar-refractivity contribution in [1.29, 1.82) is 0 Å². The summed E-state index contributed by atoms with van der Waals surface area (Å²) in [6.07, 6.45) is 2.80. The lowest BCUT2D eigenvalue weighted by atomic mass is 9.99. The number of nitrogens with zero attached hydrogens (tertiary/aromatic N) is 3. The van der Waals surface area contributed by atoms with Crippen LogP contribution in [-0.2, 0) is 13.0 Å². The molecule has 0 spiro atoms. The number of β-amino-alcohol motifs (C(OH)–C–C–N with tert-alkyl or cyclic N) is 1. The Morgan fingerprint density at radius 2 is 1.79 bits per heavy atom. The fraction of sp³-hybridized carbons (Fsp3) is 0.519. The van der Waals surface area contributed by atoms with Gasteiger partial charge >= 0.3 is 0 Å². The second-order valence-corrected chi connectivity index (χ2v) is 10.3. The SMILES string of the molecule is CC1(C)CN(C[C@H](O)CN2CCc3ccccc3C2)C(=O)c2ccc(N3CCCC3)cc2O1. The van der Waals surface area contributed by atoms with Crippen molar-refractivity contribution < 1.29 is 14.6 Å². The molecule has 1 fully saturated rings. The van der Waals surface area contributed by atoms with E-state index < -0.39 is 11.7 Å². The predicted molar refractivity (Wildman–Crippen MR) is 130 cm³/mol. The Balaban J connectivity index is 1.29. The number of fused-ring (bicyclic) bond motifs is 2. The molecule has 6 nitrogen and oxygen atoms in total. The van der Waals surface area contributed by atoms with Gasteiger partial charge in [0, 0.05) is 51.0 Å².